The SMILES string of the molecule is O=C(CSC1CCNCC1)Nc1c(F)cc(F)cc1F. The number of carbonyl (C=O) groups excluding carboxylic acids is 1. The van der Waals surface area contributed by atoms with Crippen LogP contribution in [0.15, 0.2) is 12.1 Å². The number of benzene rings is 1. The second kappa shape index (κ2) is 6.99. The number of amides is 1. The number of anilines is 1. The van der Waals surface area contributed by atoms with Crippen molar-refractivity contribution < 1.29 is 18.0 Å². The quantitative estimate of drug-likeness (QED) is 0.898. The zero-order chi connectivity index (χ0) is 14.5. The summed E-state index contributed by atoms with van der Waals surface area (Å²) in [7, 11) is 0. The van der Waals surface area contributed by atoms with Crippen LogP contribution in [-0.4, -0.2) is 30.0 Å². The fraction of sp³-hybridized carbons (Fsp3) is 0.462. The molecule has 0 aliphatic carbocycles. The molecule has 2 N–H and O–H groups in total. The molecule has 0 bridgehead atoms. The zero-order valence-electron chi connectivity index (χ0n) is 10.7. The molecule has 1 aliphatic heterocycles. The molecule has 1 saturated heterocycles. The van der Waals surface area contributed by atoms with E-state index in [0.29, 0.717) is 17.4 Å². The Bertz CT molecular complexity index is 469. The lowest BCUT2D eigenvalue weighted by atomic mass is 10.2. The van der Waals surface area contributed by atoms with Crippen LogP contribution in [0.3, 0.4) is 0 Å². The molecule has 0 unspecified atom stereocenters. The third kappa shape index (κ3) is 4.14. The Labute approximate surface area is 119 Å². The van der Waals surface area contributed by atoms with Gasteiger partial charge in [0.15, 0.2) is 11.6 Å². The van der Waals surface area contributed by atoms with Gasteiger partial charge in [0.25, 0.3) is 0 Å². The number of nitrogens with one attached hydrogen (secondary N) is 2. The molecule has 2 rings (SSSR count). The van der Waals surface area contributed by atoms with Gasteiger partial charge < -0.3 is 10.6 Å². The van der Waals surface area contributed by atoms with E-state index in [1.807, 2.05) is 0 Å². The van der Waals surface area contributed by atoms with Crippen molar-refractivity contribution in [2.75, 3.05) is 24.2 Å². The van der Waals surface area contributed by atoms with E-state index in [1.165, 1.54) is 11.8 Å². The van der Waals surface area contributed by atoms with Crippen LogP contribution in [0.25, 0.3) is 0 Å². The third-order valence-corrected chi connectivity index (χ3v) is 4.38. The van der Waals surface area contributed by atoms with Crippen molar-refractivity contribution in [1.29, 1.82) is 0 Å². The largest absolute Gasteiger partial charge is 0.320 e. The highest BCUT2D eigenvalue weighted by Gasteiger charge is 2.17. The molecule has 0 atom stereocenters. The van der Waals surface area contributed by atoms with Crippen LogP contribution < -0.4 is 10.6 Å². The minimum Gasteiger partial charge on any atom is -0.320 e. The number of thioether (sulfide) groups is 1. The average Bonchev–Trinajstić information content (AvgIpc) is 2.42. The number of piperidine rings is 1. The molecule has 7 heteroatoms. The molecule has 0 radical (unpaired) electrons. The van der Waals surface area contributed by atoms with Crippen molar-refractivity contribution in [1.82, 2.24) is 5.32 Å². The molecule has 20 heavy (non-hydrogen) atoms. The van der Waals surface area contributed by atoms with Crippen LogP contribution in [0.2, 0.25) is 0 Å². The van der Waals surface area contributed by atoms with E-state index in [9.17, 15) is 18.0 Å². The van der Waals surface area contributed by atoms with Crippen molar-refractivity contribution >= 4 is 23.4 Å². The summed E-state index contributed by atoms with van der Waals surface area (Å²) < 4.78 is 39.4. The predicted molar refractivity (Wildman–Crippen MR) is 73.3 cm³/mol. The summed E-state index contributed by atoms with van der Waals surface area (Å²) in [6.07, 6.45) is 1.94. The van der Waals surface area contributed by atoms with E-state index in [-0.39, 0.29) is 5.75 Å². The van der Waals surface area contributed by atoms with Gasteiger partial charge in [-0.15, -0.1) is 11.8 Å². The minimum atomic E-state index is -1.11. The molecule has 0 saturated carbocycles. The van der Waals surface area contributed by atoms with Gasteiger partial charge in [-0.2, -0.15) is 0 Å². The summed E-state index contributed by atoms with van der Waals surface area (Å²) in [6.45, 7) is 1.83. The van der Waals surface area contributed by atoms with Gasteiger partial charge in [0, 0.05) is 17.4 Å². The molecule has 0 aromatic heterocycles. The molecule has 1 aromatic rings. The summed E-state index contributed by atoms with van der Waals surface area (Å²) in [5.74, 6) is -3.59. The molecule has 1 aliphatic rings. The lowest BCUT2D eigenvalue weighted by Gasteiger charge is -2.21. The Balaban J connectivity index is 1.88. The second-order valence-electron chi connectivity index (χ2n) is 4.55. The predicted octanol–water partition coefficient (Wildman–Crippen LogP) is 2.53. The smallest absolute Gasteiger partial charge is 0.234 e. The van der Waals surface area contributed by atoms with Crippen molar-refractivity contribution in [3.8, 4) is 0 Å². The summed E-state index contributed by atoms with van der Waals surface area (Å²) in [5, 5.41) is 5.75. The molecular weight excluding hydrogens is 289 g/mol. The lowest BCUT2D eigenvalue weighted by molar-refractivity contribution is -0.113. The highest BCUT2D eigenvalue weighted by atomic mass is 32.2. The highest BCUT2D eigenvalue weighted by Crippen LogP contribution is 2.22. The second-order valence-corrected chi connectivity index (χ2v) is 5.84. The van der Waals surface area contributed by atoms with Gasteiger partial charge in [0.1, 0.15) is 11.5 Å². The van der Waals surface area contributed by atoms with E-state index >= 15 is 0 Å². The van der Waals surface area contributed by atoms with Crippen molar-refractivity contribution in [2.24, 2.45) is 0 Å². The Hall–Kier alpha value is -1.21. The monoisotopic (exact) mass is 304 g/mol. The van der Waals surface area contributed by atoms with E-state index in [4.69, 9.17) is 0 Å². The fourth-order valence-corrected chi connectivity index (χ4v) is 3.02. The molecule has 3 nitrogen and oxygen atoms in total. The van der Waals surface area contributed by atoms with E-state index in [2.05, 4.69) is 10.6 Å². The minimum absolute atomic E-state index is 0.126. The first-order chi connectivity index (χ1) is 9.56. The van der Waals surface area contributed by atoms with Gasteiger partial charge in [-0.25, -0.2) is 13.2 Å². The number of halogens is 3. The first kappa shape index (κ1) is 15.2. The van der Waals surface area contributed by atoms with Gasteiger partial charge in [-0.1, -0.05) is 0 Å². The first-order valence-electron chi connectivity index (χ1n) is 6.33. The Morgan fingerprint density at radius 1 is 1.25 bits per heavy atom. The number of rotatable bonds is 4. The van der Waals surface area contributed by atoms with Crippen LogP contribution >= 0.6 is 11.8 Å². The Morgan fingerprint density at radius 3 is 2.45 bits per heavy atom. The molecule has 1 amide bonds. The summed E-state index contributed by atoms with van der Waals surface area (Å²) >= 11 is 1.47. The normalized spacial score (nSPS) is 16.1. The van der Waals surface area contributed by atoms with Crippen LogP contribution in [0.1, 0.15) is 12.8 Å². The maximum Gasteiger partial charge on any atom is 0.234 e. The van der Waals surface area contributed by atoms with E-state index in [0.717, 1.165) is 25.9 Å². The standard InChI is InChI=1S/C13H15F3N2OS/c14-8-5-10(15)13(11(16)6-8)18-12(19)7-20-9-1-3-17-4-2-9/h5-6,9,17H,1-4,7H2,(H,18,19). The van der Waals surface area contributed by atoms with E-state index in [1.54, 1.807) is 0 Å². The van der Waals surface area contributed by atoms with Gasteiger partial charge in [-0.05, 0) is 25.9 Å². The Morgan fingerprint density at radius 2 is 1.85 bits per heavy atom. The maximum atomic E-state index is 13.4. The highest BCUT2D eigenvalue weighted by molar-refractivity contribution is 8.00. The molecule has 0 spiro atoms. The van der Waals surface area contributed by atoms with Crippen LogP contribution in [0, 0.1) is 17.5 Å². The number of hydrogen-bond donors (Lipinski definition) is 2. The molecule has 1 aromatic carbocycles. The molecule has 1 fully saturated rings. The van der Waals surface area contributed by atoms with Crippen LogP contribution in [-0.2, 0) is 4.79 Å². The van der Waals surface area contributed by atoms with Gasteiger partial charge in [0.2, 0.25) is 5.91 Å². The number of carbonyl (C=O) groups is 1. The van der Waals surface area contributed by atoms with Crippen molar-refractivity contribution in [2.45, 2.75) is 18.1 Å². The maximum absolute atomic E-state index is 13.4. The molecule has 110 valence electrons. The lowest BCUT2D eigenvalue weighted by Crippen LogP contribution is -2.30. The van der Waals surface area contributed by atoms with Gasteiger partial charge >= 0.3 is 0 Å². The van der Waals surface area contributed by atoms with Crippen molar-refractivity contribution in [3.63, 3.8) is 0 Å². The van der Waals surface area contributed by atoms with Crippen LogP contribution in [0.5, 0.6) is 0 Å². The van der Waals surface area contributed by atoms with Crippen LogP contribution in [0.4, 0.5) is 18.9 Å². The van der Waals surface area contributed by atoms with Gasteiger partial charge in [0.05, 0.1) is 5.75 Å². The fourth-order valence-electron chi connectivity index (χ4n) is 1.99. The van der Waals surface area contributed by atoms with E-state index < -0.39 is 29.0 Å². The first-order valence-corrected chi connectivity index (χ1v) is 7.38. The molecule has 1 heterocycles. The van der Waals surface area contributed by atoms with Gasteiger partial charge in [-0.3, -0.25) is 4.79 Å². The number of hydrogen-bond acceptors (Lipinski definition) is 3. The summed E-state index contributed by atoms with van der Waals surface area (Å²) in [6, 6.07) is 1.08. The average molecular weight is 304 g/mol. The zero-order valence-corrected chi connectivity index (χ0v) is 11.5. The summed E-state index contributed by atoms with van der Waals surface area (Å²) in [4.78, 5) is 11.7. The third-order valence-electron chi connectivity index (χ3n) is 3.01. The molecular formula is C13H15F3N2OS. The Kier molecular flexibility index (Phi) is 5.31. The van der Waals surface area contributed by atoms with Crippen molar-refractivity contribution in [3.05, 3.63) is 29.6 Å². The topological polar surface area (TPSA) is 41.1 Å². The summed E-state index contributed by atoms with van der Waals surface area (Å²) in [5.41, 5.74) is -0.595.